The van der Waals surface area contributed by atoms with Crippen LogP contribution in [0.25, 0.3) is 0 Å². The predicted octanol–water partition coefficient (Wildman–Crippen LogP) is -0.182. The van der Waals surface area contributed by atoms with Gasteiger partial charge in [0.1, 0.15) is 12.0 Å². The quantitative estimate of drug-likeness (QED) is 0.768. The highest BCUT2D eigenvalue weighted by Gasteiger charge is 2.25. The van der Waals surface area contributed by atoms with E-state index in [4.69, 9.17) is 5.73 Å². The van der Waals surface area contributed by atoms with E-state index in [0.29, 0.717) is 18.8 Å². The van der Waals surface area contributed by atoms with Crippen LogP contribution in [-0.2, 0) is 7.05 Å². The van der Waals surface area contributed by atoms with Crippen molar-refractivity contribution < 1.29 is 14.3 Å². The Morgan fingerprint density at radius 3 is 3.00 bits per heavy atom. The molecular formula is C11H17FN4O2. The third-order valence-corrected chi connectivity index (χ3v) is 3.11. The van der Waals surface area contributed by atoms with Gasteiger partial charge in [0.15, 0.2) is 5.69 Å². The molecule has 1 aromatic rings. The number of halogens is 1. The fraction of sp³-hybridized carbons (Fsp3) is 0.636. The Morgan fingerprint density at radius 1 is 1.67 bits per heavy atom. The van der Waals surface area contributed by atoms with Crippen molar-refractivity contribution in [2.75, 3.05) is 18.0 Å². The highest BCUT2D eigenvalue weighted by molar-refractivity contribution is 5.91. The van der Waals surface area contributed by atoms with Crippen LogP contribution in [0.3, 0.4) is 0 Å². The van der Waals surface area contributed by atoms with Crippen LogP contribution in [0.15, 0.2) is 6.07 Å². The summed E-state index contributed by atoms with van der Waals surface area (Å²) in [7, 11) is 1.68. The minimum Gasteiger partial charge on any atom is -0.393 e. The van der Waals surface area contributed by atoms with E-state index in [0.717, 1.165) is 0 Å². The third kappa shape index (κ3) is 2.61. The predicted molar refractivity (Wildman–Crippen MR) is 64.1 cm³/mol. The highest BCUT2D eigenvalue weighted by atomic mass is 19.1. The highest BCUT2D eigenvalue weighted by Crippen LogP contribution is 2.21. The van der Waals surface area contributed by atoms with Gasteiger partial charge >= 0.3 is 0 Å². The topological polar surface area (TPSA) is 84.4 Å². The summed E-state index contributed by atoms with van der Waals surface area (Å²) < 4.78 is 15.1. The number of hydrogen-bond acceptors (Lipinski definition) is 4. The van der Waals surface area contributed by atoms with Crippen LogP contribution in [0.2, 0.25) is 0 Å². The molecule has 0 bridgehead atoms. The second-order valence-electron chi connectivity index (χ2n) is 4.60. The molecule has 2 unspecified atom stereocenters. The van der Waals surface area contributed by atoms with Crippen LogP contribution in [-0.4, -0.2) is 46.2 Å². The van der Waals surface area contributed by atoms with Gasteiger partial charge < -0.3 is 15.7 Å². The van der Waals surface area contributed by atoms with Crippen molar-refractivity contribution in [1.29, 1.82) is 0 Å². The van der Waals surface area contributed by atoms with E-state index in [-0.39, 0.29) is 18.7 Å². The lowest BCUT2D eigenvalue weighted by Crippen LogP contribution is -2.30. The van der Waals surface area contributed by atoms with Gasteiger partial charge in [-0.05, 0) is 6.42 Å². The molecule has 0 spiro atoms. The zero-order valence-corrected chi connectivity index (χ0v) is 10.2. The summed E-state index contributed by atoms with van der Waals surface area (Å²) in [6, 6.07) is 1.55. The number of carbonyl (C=O) groups is 1. The zero-order chi connectivity index (χ0) is 13.3. The number of carbonyl (C=O) groups excluding carboxylic acids is 1. The maximum Gasteiger partial charge on any atom is 0.269 e. The van der Waals surface area contributed by atoms with Gasteiger partial charge in [0, 0.05) is 26.1 Å². The normalized spacial score (nSPS) is 24.9. The summed E-state index contributed by atoms with van der Waals surface area (Å²) >= 11 is 0. The van der Waals surface area contributed by atoms with Crippen molar-refractivity contribution in [3.63, 3.8) is 0 Å². The van der Waals surface area contributed by atoms with Crippen molar-refractivity contribution in [2.24, 2.45) is 12.8 Å². The first-order chi connectivity index (χ1) is 8.47. The van der Waals surface area contributed by atoms with Gasteiger partial charge in [-0.2, -0.15) is 5.10 Å². The van der Waals surface area contributed by atoms with Crippen LogP contribution in [0, 0.1) is 0 Å². The smallest absolute Gasteiger partial charge is 0.269 e. The Balaban J connectivity index is 2.22. The molecular weight excluding hydrogens is 239 g/mol. The number of aromatic nitrogens is 2. The number of amides is 1. The van der Waals surface area contributed by atoms with E-state index in [1.807, 2.05) is 0 Å². The lowest BCUT2D eigenvalue weighted by atomic mass is 10.1. The minimum absolute atomic E-state index is 0.150. The van der Waals surface area contributed by atoms with E-state index in [1.165, 1.54) is 4.68 Å². The van der Waals surface area contributed by atoms with Crippen molar-refractivity contribution in [3.8, 4) is 0 Å². The van der Waals surface area contributed by atoms with E-state index >= 15 is 0 Å². The SMILES string of the molecule is Cn1nc(C(N)=O)cc1N1CCC(O)CC(F)C1. The van der Waals surface area contributed by atoms with E-state index < -0.39 is 18.2 Å². The molecule has 0 aliphatic carbocycles. The number of alkyl halides is 1. The first-order valence-corrected chi connectivity index (χ1v) is 5.88. The van der Waals surface area contributed by atoms with E-state index in [9.17, 15) is 14.3 Å². The lowest BCUT2D eigenvalue weighted by Gasteiger charge is -2.22. The second-order valence-corrected chi connectivity index (χ2v) is 4.60. The van der Waals surface area contributed by atoms with Gasteiger partial charge in [-0.15, -0.1) is 0 Å². The Morgan fingerprint density at radius 2 is 2.39 bits per heavy atom. The Kier molecular flexibility index (Phi) is 3.51. The molecule has 0 saturated carbocycles. The van der Waals surface area contributed by atoms with Gasteiger partial charge in [-0.3, -0.25) is 9.48 Å². The molecule has 1 aromatic heterocycles. The zero-order valence-electron chi connectivity index (χ0n) is 10.2. The average Bonchev–Trinajstić information content (AvgIpc) is 2.58. The molecule has 0 radical (unpaired) electrons. The van der Waals surface area contributed by atoms with Crippen LogP contribution >= 0.6 is 0 Å². The fourth-order valence-corrected chi connectivity index (χ4v) is 2.20. The molecule has 100 valence electrons. The number of aliphatic hydroxyl groups excluding tert-OH is 1. The molecule has 2 rings (SSSR count). The minimum atomic E-state index is -1.09. The molecule has 1 fully saturated rings. The Hall–Kier alpha value is -1.63. The van der Waals surface area contributed by atoms with Crippen LogP contribution in [0.4, 0.5) is 10.2 Å². The molecule has 1 amide bonds. The maximum atomic E-state index is 13.6. The molecule has 0 aromatic carbocycles. The van der Waals surface area contributed by atoms with E-state index in [2.05, 4.69) is 5.10 Å². The lowest BCUT2D eigenvalue weighted by molar-refractivity contribution is 0.0994. The van der Waals surface area contributed by atoms with Crippen molar-refractivity contribution in [3.05, 3.63) is 11.8 Å². The first-order valence-electron chi connectivity index (χ1n) is 5.88. The number of anilines is 1. The summed E-state index contributed by atoms with van der Waals surface area (Å²) in [6.07, 6.45) is -1.06. The van der Waals surface area contributed by atoms with Crippen molar-refractivity contribution >= 4 is 11.7 Å². The number of nitrogens with two attached hydrogens (primary N) is 1. The standard InChI is InChI=1S/C11H17FN4O2/c1-15-10(5-9(14-15)11(13)18)16-3-2-8(17)4-7(12)6-16/h5,7-8,17H,2-4,6H2,1H3,(H2,13,18). The first kappa shape index (κ1) is 12.8. The largest absolute Gasteiger partial charge is 0.393 e. The molecule has 1 saturated heterocycles. The molecule has 7 heteroatoms. The van der Waals surface area contributed by atoms with Crippen LogP contribution in [0.5, 0.6) is 0 Å². The van der Waals surface area contributed by atoms with Gasteiger partial charge in [-0.1, -0.05) is 0 Å². The van der Waals surface area contributed by atoms with Gasteiger partial charge in [-0.25, -0.2) is 4.39 Å². The van der Waals surface area contributed by atoms with Crippen LogP contribution in [0.1, 0.15) is 23.3 Å². The number of aliphatic hydroxyl groups is 1. The molecule has 1 aliphatic rings. The maximum absolute atomic E-state index is 13.6. The monoisotopic (exact) mass is 256 g/mol. The fourth-order valence-electron chi connectivity index (χ4n) is 2.20. The molecule has 3 N–H and O–H groups in total. The molecule has 1 aliphatic heterocycles. The number of primary amides is 1. The number of nitrogens with zero attached hydrogens (tertiary/aromatic N) is 3. The number of aryl methyl sites for hydroxylation is 1. The molecule has 18 heavy (non-hydrogen) atoms. The average molecular weight is 256 g/mol. The Labute approximate surface area is 104 Å². The molecule has 2 heterocycles. The third-order valence-electron chi connectivity index (χ3n) is 3.11. The Bertz CT molecular complexity index is 448. The number of hydrogen-bond donors (Lipinski definition) is 2. The second kappa shape index (κ2) is 4.93. The molecule has 2 atom stereocenters. The van der Waals surface area contributed by atoms with Crippen LogP contribution < -0.4 is 10.6 Å². The summed E-state index contributed by atoms with van der Waals surface area (Å²) in [5.74, 6) is 0.0315. The summed E-state index contributed by atoms with van der Waals surface area (Å²) in [4.78, 5) is 12.8. The number of rotatable bonds is 2. The van der Waals surface area contributed by atoms with Gasteiger partial charge in [0.25, 0.3) is 5.91 Å². The van der Waals surface area contributed by atoms with Crippen molar-refractivity contribution in [1.82, 2.24) is 9.78 Å². The van der Waals surface area contributed by atoms with Gasteiger partial charge in [0.05, 0.1) is 12.6 Å². The van der Waals surface area contributed by atoms with Gasteiger partial charge in [0.2, 0.25) is 0 Å². The summed E-state index contributed by atoms with van der Waals surface area (Å²) in [6.45, 7) is 0.716. The summed E-state index contributed by atoms with van der Waals surface area (Å²) in [5.41, 5.74) is 5.32. The van der Waals surface area contributed by atoms with Crippen molar-refractivity contribution in [2.45, 2.75) is 25.1 Å². The van der Waals surface area contributed by atoms with E-state index in [1.54, 1.807) is 18.0 Å². The summed E-state index contributed by atoms with van der Waals surface area (Å²) in [5, 5.41) is 13.5. The molecule has 6 nitrogen and oxygen atoms in total.